The molecule has 0 unspecified atom stereocenters. The van der Waals surface area contributed by atoms with Crippen LogP contribution >= 0.6 is 38.5 Å². The molecule has 0 aliphatic carbocycles. The van der Waals surface area contributed by atoms with E-state index in [-0.39, 0.29) is 5.69 Å². The monoisotopic (exact) mass is 435 g/mol. The van der Waals surface area contributed by atoms with Crippen molar-refractivity contribution < 1.29 is 9.90 Å². The molecule has 0 atom stereocenters. The highest BCUT2D eigenvalue weighted by molar-refractivity contribution is 14.1. The van der Waals surface area contributed by atoms with Gasteiger partial charge in [0.15, 0.2) is 5.69 Å². The van der Waals surface area contributed by atoms with Gasteiger partial charge in [-0.05, 0) is 63.1 Å². The molecule has 7 heteroatoms. The fourth-order valence-electron chi connectivity index (χ4n) is 1.75. The summed E-state index contributed by atoms with van der Waals surface area (Å²) in [5.74, 6) is -1.04. The standard InChI is InChI=1S/C12H11BrIN3O2/c1-2-3-10-11(12(18)19)15-16-17(10)7-4-5-9(14)8(13)6-7/h4-6H,2-3H2,1H3,(H,18,19). The smallest absolute Gasteiger partial charge is 0.358 e. The van der Waals surface area contributed by atoms with Gasteiger partial charge < -0.3 is 5.11 Å². The number of hydrogen-bond donors (Lipinski definition) is 1. The largest absolute Gasteiger partial charge is 0.476 e. The molecule has 0 spiro atoms. The fourth-order valence-corrected chi connectivity index (χ4v) is 2.46. The average Bonchev–Trinajstić information content (AvgIpc) is 2.77. The summed E-state index contributed by atoms with van der Waals surface area (Å²) in [6.45, 7) is 1.99. The molecule has 0 bridgehead atoms. The van der Waals surface area contributed by atoms with Crippen molar-refractivity contribution >= 4 is 44.5 Å². The van der Waals surface area contributed by atoms with Gasteiger partial charge in [-0.2, -0.15) is 0 Å². The van der Waals surface area contributed by atoms with Crippen LogP contribution < -0.4 is 0 Å². The number of hydrogen-bond acceptors (Lipinski definition) is 3. The molecule has 0 aliphatic heterocycles. The van der Waals surface area contributed by atoms with Crippen molar-refractivity contribution in [2.45, 2.75) is 19.8 Å². The van der Waals surface area contributed by atoms with Gasteiger partial charge in [0.05, 0.1) is 11.4 Å². The van der Waals surface area contributed by atoms with Crippen LogP contribution in [0.2, 0.25) is 0 Å². The molecule has 1 aromatic carbocycles. The first kappa shape index (κ1) is 14.4. The molecular formula is C12H11BrIN3O2. The van der Waals surface area contributed by atoms with Gasteiger partial charge in [0.2, 0.25) is 0 Å². The van der Waals surface area contributed by atoms with Crippen molar-refractivity contribution in [2.24, 2.45) is 0 Å². The second-order valence-corrected chi connectivity index (χ2v) is 5.97. The van der Waals surface area contributed by atoms with Crippen LogP contribution in [0.3, 0.4) is 0 Å². The van der Waals surface area contributed by atoms with Crippen molar-refractivity contribution in [3.05, 3.63) is 37.6 Å². The zero-order chi connectivity index (χ0) is 14.0. The zero-order valence-corrected chi connectivity index (χ0v) is 13.8. The molecule has 2 aromatic rings. The zero-order valence-electron chi connectivity index (χ0n) is 10.1. The van der Waals surface area contributed by atoms with E-state index in [1.54, 1.807) is 4.68 Å². The topological polar surface area (TPSA) is 68.0 Å². The SMILES string of the molecule is CCCc1c(C(=O)O)nnn1-c1ccc(I)c(Br)c1. The van der Waals surface area contributed by atoms with E-state index in [0.29, 0.717) is 12.1 Å². The van der Waals surface area contributed by atoms with Gasteiger partial charge in [0.25, 0.3) is 0 Å². The maximum atomic E-state index is 11.1. The Morgan fingerprint density at radius 3 is 2.84 bits per heavy atom. The highest BCUT2D eigenvalue weighted by Gasteiger charge is 2.19. The highest BCUT2D eigenvalue weighted by atomic mass is 127. The third-order valence-electron chi connectivity index (χ3n) is 2.60. The summed E-state index contributed by atoms with van der Waals surface area (Å²) < 4.78 is 3.62. The van der Waals surface area contributed by atoms with Gasteiger partial charge in [-0.25, -0.2) is 9.48 Å². The Morgan fingerprint density at radius 1 is 1.53 bits per heavy atom. The van der Waals surface area contributed by atoms with E-state index in [2.05, 4.69) is 48.8 Å². The Kier molecular flexibility index (Phi) is 4.56. The predicted molar refractivity (Wildman–Crippen MR) is 82.7 cm³/mol. The third-order valence-corrected chi connectivity index (χ3v) is 4.94. The number of nitrogens with zero attached hydrogens (tertiary/aromatic N) is 3. The molecule has 1 aromatic heterocycles. The average molecular weight is 436 g/mol. The lowest BCUT2D eigenvalue weighted by Crippen LogP contribution is -2.06. The summed E-state index contributed by atoms with van der Waals surface area (Å²) in [5, 5.41) is 16.8. The maximum absolute atomic E-state index is 11.1. The van der Waals surface area contributed by atoms with Gasteiger partial charge in [-0.1, -0.05) is 18.6 Å². The molecule has 0 amide bonds. The van der Waals surface area contributed by atoms with Crippen molar-refractivity contribution in [3.8, 4) is 5.69 Å². The highest BCUT2D eigenvalue weighted by Crippen LogP contribution is 2.23. The number of carboxylic acids is 1. The molecule has 0 radical (unpaired) electrons. The van der Waals surface area contributed by atoms with Gasteiger partial charge in [-0.15, -0.1) is 5.10 Å². The van der Waals surface area contributed by atoms with Crippen LogP contribution in [0, 0.1) is 3.57 Å². The summed E-state index contributed by atoms with van der Waals surface area (Å²) in [4.78, 5) is 11.1. The van der Waals surface area contributed by atoms with Crippen LogP contribution in [0.25, 0.3) is 5.69 Å². The van der Waals surface area contributed by atoms with E-state index in [4.69, 9.17) is 5.11 Å². The number of carbonyl (C=O) groups is 1. The molecule has 100 valence electrons. The van der Waals surface area contributed by atoms with Crippen molar-refractivity contribution in [1.82, 2.24) is 15.0 Å². The van der Waals surface area contributed by atoms with E-state index in [9.17, 15) is 4.79 Å². The molecule has 2 rings (SSSR count). The first-order chi connectivity index (χ1) is 9.04. The summed E-state index contributed by atoms with van der Waals surface area (Å²) in [5.41, 5.74) is 1.45. The number of aromatic carboxylic acids is 1. The van der Waals surface area contributed by atoms with Crippen LogP contribution in [-0.2, 0) is 6.42 Å². The summed E-state index contributed by atoms with van der Waals surface area (Å²) in [7, 11) is 0. The number of rotatable bonds is 4. The van der Waals surface area contributed by atoms with E-state index in [1.165, 1.54) is 0 Å². The third kappa shape index (κ3) is 2.97. The van der Waals surface area contributed by atoms with Crippen molar-refractivity contribution in [3.63, 3.8) is 0 Å². The molecule has 19 heavy (non-hydrogen) atoms. The Balaban J connectivity index is 2.55. The summed E-state index contributed by atoms with van der Waals surface area (Å²) >= 11 is 5.67. The molecule has 5 nitrogen and oxygen atoms in total. The summed E-state index contributed by atoms with van der Waals surface area (Å²) in [6, 6.07) is 5.74. The molecular weight excluding hydrogens is 425 g/mol. The van der Waals surface area contributed by atoms with Crippen LogP contribution in [0.1, 0.15) is 29.5 Å². The molecule has 0 fully saturated rings. The van der Waals surface area contributed by atoms with Crippen LogP contribution in [-0.4, -0.2) is 26.1 Å². The lowest BCUT2D eigenvalue weighted by Gasteiger charge is -2.07. The quantitative estimate of drug-likeness (QED) is 0.748. The van der Waals surface area contributed by atoms with E-state index < -0.39 is 5.97 Å². The Morgan fingerprint density at radius 2 is 2.26 bits per heavy atom. The van der Waals surface area contributed by atoms with Crippen molar-refractivity contribution in [1.29, 1.82) is 0 Å². The second-order valence-electron chi connectivity index (χ2n) is 3.95. The molecule has 0 aliphatic rings. The number of aromatic nitrogens is 3. The number of benzene rings is 1. The van der Waals surface area contributed by atoms with E-state index >= 15 is 0 Å². The first-order valence-electron chi connectivity index (χ1n) is 5.68. The minimum Gasteiger partial charge on any atom is -0.476 e. The minimum atomic E-state index is -1.04. The lowest BCUT2D eigenvalue weighted by molar-refractivity contribution is 0.0689. The van der Waals surface area contributed by atoms with Gasteiger partial charge >= 0.3 is 5.97 Å². The van der Waals surface area contributed by atoms with Crippen molar-refractivity contribution in [2.75, 3.05) is 0 Å². The number of carboxylic acid groups (broad SMARTS) is 1. The van der Waals surface area contributed by atoms with E-state index in [0.717, 1.165) is 20.2 Å². The maximum Gasteiger partial charge on any atom is 0.358 e. The molecule has 1 N–H and O–H groups in total. The normalized spacial score (nSPS) is 10.7. The molecule has 0 saturated carbocycles. The Labute approximate surface area is 132 Å². The minimum absolute atomic E-state index is 0.0246. The van der Waals surface area contributed by atoms with Gasteiger partial charge in [-0.3, -0.25) is 0 Å². The Bertz CT molecular complexity index is 627. The van der Waals surface area contributed by atoms with Gasteiger partial charge in [0, 0.05) is 8.04 Å². The second kappa shape index (κ2) is 6.00. The molecule has 0 saturated heterocycles. The predicted octanol–water partition coefficient (Wildman–Crippen LogP) is 3.29. The fraction of sp³-hybridized carbons (Fsp3) is 0.250. The van der Waals surface area contributed by atoms with Crippen LogP contribution in [0.4, 0.5) is 0 Å². The first-order valence-corrected chi connectivity index (χ1v) is 7.55. The lowest BCUT2D eigenvalue weighted by atomic mass is 10.2. The Hall–Kier alpha value is -0.960. The van der Waals surface area contributed by atoms with Gasteiger partial charge in [0.1, 0.15) is 0 Å². The van der Waals surface area contributed by atoms with E-state index in [1.807, 2.05) is 25.1 Å². The van der Waals surface area contributed by atoms with Crippen LogP contribution in [0.5, 0.6) is 0 Å². The summed E-state index contributed by atoms with van der Waals surface area (Å²) in [6.07, 6.45) is 1.46. The van der Waals surface area contributed by atoms with Crippen LogP contribution in [0.15, 0.2) is 22.7 Å². The number of halogens is 2. The molecule has 1 heterocycles.